The third kappa shape index (κ3) is 2.95. The van der Waals surface area contributed by atoms with E-state index in [9.17, 15) is 4.79 Å². The number of nitrogens with one attached hydrogen (secondary N) is 1. The normalized spacial score (nSPS) is 18.4. The molecule has 4 heteroatoms. The van der Waals surface area contributed by atoms with Gasteiger partial charge in [0.05, 0.1) is 0 Å². The van der Waals surface area contributed by atoms with E-state index in [1.807, 2.05) is 12.3 Å². The third-order valence-electron chi connectivity index (χ3n) is 3.89. The Bertz CT molecular complexity index is 482. The molecule has 0 radical (unpaired) electrons. The molecule has 2 aliphatic rings. The first-order valence-corrected chi connectivity index (χ1v) is 7.24. The molecule has 1 aliphatic carbocycles. The van der Waals surface area contributed by atoms with Gasteiger partial charge in [-0.1, -0.05) is 6.92 Å². The summed E-state index contributed by atoms with van der Waals surface area (Å²) in [5.74, 6) is 0.682. The van der Waals surface area contributed by atoms with Crippen LogP contribution in [0.15, 0.2) is 12.3 Å². The molecule has 0 atom stereocenters. The zero-order chi connectivity index (χ0) is 13.2. The van der Waals surface area contributed by atoms with E-state index in [1.165, 1.54) is 24.0 Å². The lowest BCUT2D eigenvalue weighted by Gasteiger charge is -2.11. The van der Waals surface area contributed by atoms with Crippen LogP contribution >= 0.6 is 0 Å². The van der Waals surface area contributed by atoms with E-state index in [0.717, 1.165) is 32.6 Å². The molecule has 0 aromatic carbocycles. The van der Waals surface area contributed by atoms with Crippen molar-refractivity contribution in [3.63, 3.8) is 0 Å². The highest BCUT2D eigenvalue weighted by Gasteiger charge is 2.23. The van der Waals surface area contributed by atoms with Crippen molar-refractivity contribution >= 4 is 5.91 Å². The summed E-state index contributed by atoms with van der Waals surface area (Å²) in [5, 5.41) is 2.97. The summed E-state index contributed by atoms with van der Waals surface area (Å²) >= 11 is 0. The van der Waals surface area contributed by atoms with Gasteiger partial charge in [-0.25, -0.2) is 0 Å². The van der Waals surface area contributed by atoms with Gasteiger partial charge in [-0.3, -0.25) is 14.7 Å². The fraction of sp³-hybridized carbons (Fsp3) is 0.600. The Morgan fingerprint density at radius 2 is 2.21 bits per heavy atom. The number of rotatable bonds is 5. The van der Waals surface area contributed by atoms with Gasteiger partial charge in [-0.05, 0) is 48.9 Å². The number of carbonyl (C=O) groups excluding carboxylic acids is 1. The van der Waals surface area contributed by atoms with Gasteiger partial charge in [0.2, 0.25) is 0 Å². The maximum atomic E-state index is 12.0. The number of aromatic nitrogens is 1. The van der Waals surface area contributed by atoms with Crippen molar-refractivity contribution in [1.82, 2.24) is 15.2 Å². The lowest BCUT2D eigenvalue weighted by molar-refractivity contribution is 0.0946. The number of fused-ring (bicyclic) bond motifs is 1. The van der Waals surface area contributed by atoms with Crippen molar-refractivity contribution in [3.05, 3.63) is 29.1 Å². The largest absolute Gasteiger partial charge is 0.350 e. The lowest BCUT2D eigenvalue weighted by atomic mass is 10.1. The fourth-order valence-electron chi connectivity index (χ4n) is 2.60. The molecule has 1 saturated carbocycles. The van der Waals surface area contributed by atoms with Crippen molar-refractivity contribution in [2.75, 3.05) is 13.1 Å². The van der Waals surface area contributed by atoms with Crippen LogP contribution in [0.3, 0.4) is 0 Å². The average molecular weight is 259 g/mol. The summed E-state index contributed by atoms with van der Waals surface area (Å²) in [6, 6.07) is 1.97. The van der Waals surface area contributed by atoms with Crippen molar-refractivity contribution in [2.24, 2.45) is 5.92 Å². The predicted molar refractivity (Wildman–Crippen MR) is 73.7 cm³/mol. The van der Waals surface area contributed by atoms with E-state index in [4.69, 9.17) is 0 Å². The number of pyridine rings is 1. The number of hydrogen-bond donors (Lipinski definition) is 1. The van der Waals surface area contributed by atoms with E-state index in [1.54, 1.807) is 0 Å². The molecule has 1 N–H and O–H groups in total. The topological polar surface area (TPSA) is 45.2 Å². The second-order valence-corrected chi connectivity index (χ2v) is 5.70. The zero-order valence-electron chi connectivity index (χ0n) is 11.5. The fourth-order valence-corrected chi connectivity index (χ4v) is 2.60. The van der Waals surface area contributed by atoms with Gasteiger partial charge in [0, 0.05) is 25.8 Å². The standard InChI is InChI=1S/C15H21N3O/c1-2-5-18-9-12-6-14(16-8-13(12)10-18)15(19)17-7-11-3-4-11/h6,8,11H,2-5,7,9-10H2,1H3,(H,17,19). The van der Waals surface area contributed by atoms with E-state index in [-0.39, 0.29) is 5.91 Å². The highest BCUT2D eigenvalue weighted by molar-refractivity contribution is 5.92. The smallest absolute Gasteiger partial charge is 0.269 e. The van der Waals surface area contributed by atoms with Crippen LogP contribution in [0.1, 0.15) is 47.8 Å². The first-order valence-electron chi connectivity index (χ1n) is 7.24. The molecule has 1 fully saturated rings. The Hall–Kier alpha value is -1.42. The molecule has 19 heavy (non-hydrogen) atoms. The van der Waals surface area contributed by atoms with Gasteiger partial charge < -0.3 is 5.32 Å². The van der Waals surface area contributed by atoms with Crippen molar-refractivity contribution < 1.29 is 4.79 Å². The van der Waals surface area contributed by atoms with Gasteiger partial charge in [0.25, 0.3) is 5.91 Å². The maximum Gasteiger partial charge on any atom is 0.269 e. The summed E-state index contributed by atoms with van der Waals surface area (Å²) in [6.45, 7) is 6.03. The Morgan fingerprint density at radius 3 is 2.95 bits per heavy atom. The zero-order valence-corrected chi connectivity index (χ0v) is 11.5. The molecule has 1 amide bonds. The Labute approximate surface area is 114 Å². The SMILES string of the molecule is CCCN1Cc2cnc(C(=O)NCC3CC3)cc2C1. The molecule has 0 unspecified atom stereocenters. The number of hydrogen-bond acceptors (Lipinski definition) is 3. The molecule has 102 valence electrons. The number of amides is 1. The molecule has 1 aromatic heterocycles. The molecule has 3 rings (SSSR count). The summed E-state index contributed by atoms with van der Waals surface area (Å²) in [7, 11) is 0. The van der Waals surface area contributed by atoms with E-state index in [0.29, 0.717) is 11.6 Å². The van der Waals surface area contributed by atoms with Crippen LogP contribution in [0.4, 0.5) is 0 Å². The molecule has 1 aromatic rings. The molecule has 2 heterocycles. The molecular weight excluding hydrogens is 238 g/mol. The van der Waals surface area contributed by atoms with Gasteiger partial charge in [-0.15, -0.1) is 0 Å². The van der Waals surface area contributed by atoms with Crippen LogP contribution in [0.25, 0.3) is 0 Å². The van der Waals surface area contributed by atoms with Gasteiger partial charge in [0.1, 0.15) is 5.69 Å². The number of nitrogens with zero attached hydrogens (tertiary/aromatic N) is 2. The highest BCUT2D eigenvalue weighted by atomic mass is 16.1. The molecule has 0 bridgehead atoms. The second kappa shape index (κ2) is 5.29. The summed E-state index contributed by atoms with van der Waals surface area (Å²) in [6.07, 6.45) is 5.54. The van der Waals surface area contributed by atoms with Crippen LogP contribution in [0.5, 0.6) is 0 Å². The second-order valence-electron chi connectivity index (χ2n) is 5.70. The molecule has 1 aliphatic heterocycles. The molecule has 0 saturated heterocycles. The highest BCUT2D eigenvalue weighted by Crippen LogP contribution is 2.27. The Morgan fingerprint density at radius 1 is 1.42 bits per heavy atom. The summed E-state index contributed by atoms with van der Waals surface area (Å²) < 4.78 is 0. The molecular formula is C15H21N3O. The van der Waals surface area contributed by atoms with Crippen LogP contribution in [-0.2, 0) is 13.1 Å². The molecule has 0 spiro atoms. The number of carbonyl (C=O) groups is 1. The minimum atomic E-state index is -0.0244. The Balaban J connectivity index is 1.64. The first-order chi connectivity index (χ1) is 9.26. The van der Waals surface area contributed by atoms with Crippen LogP contribution < -0.4 is 5.32 Å². The van der Waals surface area contributed by atoms with Crippen LogP contribution in [0.2, 0.25) is 0 Å². The van der Waals surface area contributed by atoms with Crippen LogP contribution in [0, 0.1) is 5.92 Å². The van der Waals surface area contributed by atoms with Crippen molar-refractivity contribution in [3.8, 4) is 0 Å². The summed E-state index contributed by atoms with van der Waals surface area (Å²) in [4.78, 5) is 18.7. The maximum absolute atomic E-state index is 12.0. The third-order valence-corrected chi connectivity index (χ3v) is 3.89. The molecule has 4 nitrogen and oxygen atoms in total. The van der Waals surface area contributed by atoms with E-state index in [2.05, 4.69) is 22.1 Å². The van der Waals surface area contributed by atoms with E-state index >= 15 is 0 Å². The van der Waals surface area contributed by atoms with Crippen molar-refractivity contribution in [1.29, 1.82) is 0 Å². The predicted octanol–water partition coefficient (Wildman–Crippen LogP) is 1.95. The van der Waals surface area contributed by atoms with E-state index < -0.39 is 0 Å². The van der Waals surface area contributed by atoms with Crippen molar-refractivity contribution in [2.45, 2.75) is 39.3 Å². The Kier molecular flexibility index (Phi) is 3.51. The minimum Gasteiger partial charge on any atom is -0.350 e. The quantitative estimate of drug-likeness (QED) is 0.879. The average Bonchev–Trinajstić information content (AvgIpc) is 3.15. The summed E-state index contributed by atoms with van der Waals surface area (Å²) in [5.41, 5.74) is 3.10. The van der Waals surface area contributed by atoms with Gasteiger partial charge in [-0.2, -0.15) is 0 Å². The van der Waals surface area contributed by atoms with Gasteiger partial charge in [0.15, 0.2) is 0 Å². The first kappa shape index (κ1) is 12.6. The monoisotopic (exact) mass is 259 g/mol. The van der Waals surface area contributed by atoms with Crippen LogP contribution in [-0.4, -0.2) is 28.9 Å². The lowest BCUT2D eigenvalue weighted by Crippen LogP contribution is -2.26. The van der Waals surface area contributed by atoms with Gasteiger partial charge >= 0.3 is 0 Å². The minimum absolute atomic E-state index is 0.0244.